The van der Waals surface area contributed by atoms with Crippen LogP contribution >= 0.6 is 0 Å². The first-order valence-corrected chi connectivity index (χ1v) is 5.79. The maximum absolute atomic E-state index is 4.79. The summed E-state index contributed by atoms with van der Waals surface area (Å²) in [5.74, 6) is 0. The molecule has 0 radical (unpaired) electrons. The summed E-state index contributed by atoms with van der Waals surface area (Å²) in [5.41, 5.74) is 2.02. The Hall–Kier alpha value is -2.16. The number of allylic oxidation sites excluding steroid dienone is 2. The van der Waals surface area contributed by atoms with Gasteiger partial charge in [-0.05, 0) is 6.07 Å². The van der Waals surface area contributed by atoms with Gasteiger partial charge in [-0.15, -0.1) is 0 Å². The van der Waals surface area contributed by atoms with Crippen molar-refractivity contribution in [1.29, 1.82) is 0 Å². The number of aromatic amines is 1. The minimum Gasteiger partial charge on any atom is -0.338 e. The van der Waals surface area contributed by atoms with E-state index in [1.54, 1.807) is 0 Å². The molecular formula is C14H11N3. The molecule has 2 aliphatic rings. The molecule has 0 saturated heterocycles. The van der Waals surface area contributed by atoms with Crippen LogP contribution in [0.25, 0.3) is 10.9 Å². The number of aromatic nitrogens is 1. The van der Waals surface area contributed by atoms with Crippen LogP contribution in [0.2, 0.25) is 0 Å². The van der Waals surface area contributed by atoms with E-state index in [2.05, 4.69) is 29.3 Å². The summed E-state index contributed by atoms with van der Waals surface area (Å²) in [6.07, 6.45) is 8.29. The fourth-order valence-electron chi connectivity index (χ4n) is 2.46. The zero-order valence-corrected chi connectivity index (χ0v) is 9.17. The Morgan fingerprint density at radius 3 is 2.59 bits per heavy atom. The van der Waals surface area contributed by atoms with Crippen molar-refractivity contribution in [3.63, 3.8) is 0 Å². The normalized spacial score (nSPS) is 24.9. The van der Waals surface area contributed by atoms with Crippen LogP contribution in [0.5, 0.6) is 0 Å². The molecule has 0 fully saturated rings. The number of hydrogen-bond donors (Lipinski definition) is 1. The fraction of sp³-hybridized carbons (Fsp3) is 0.143. The highest BCUT2D eigenvalue weighted by molar-refractivity contribution is 5.78. The molecule has 2 heterocycles. The van der Waals surface area contributed by atoms with Crippen LogP contribution in [-0.4, -0.2) is 17.1 Å². The predicted molar refractivity (Wildman–Crippen MR) is 66.5 cm³/mol. The average molecular weight is 221 g/mol. The zero-order valence-electron chi connectivity index (χ0n) is 9.17. The summed E-state index contributed by atoms with van der Waals surface area (Å²) in [4.78, 5) is 12.8. The second-order valence-electron chi connectivity index (χ2n) is 4.38. The number of hydrogen-bond acceptors (Lipinski definition) is 2. The van der Waals surface area contributed by atoms with E-state index in [4.69, 9.17) is 9.98 Å². The lowest BCUT2D eigenvalue weighted by Crippen LogP contribution is -2.37. The minimum atomic E-state index is 0.153. The summed E-state index contributed by atoms with van der Waals surface area (Å²) in [6, 6.07) is 8.53. The third kappa shape index (κ3) is 1.22. The fourth-order valence-corrected chi connectivity index (χ4v) is 2.46. The highest BCUT2D eigenvalue weighted by Crippen LogP contribution is 2.14. The van der Waals surface area contributed by atoms with Gasteiger partial charge in [0, 0.05) is 10.9 Å². The molecule has 0 bridgehead atoms. The first-order chi connectivity index (χ1) is 8.42. The standard InChI is InChI=1S/C14H11N3/c1-2-6-10-9(5-1)13-14(16-10)17-12-8-4-3-7-11(12)15-13/h1-8,11-12H,(H,16,17)/t11-,12-/m1/s1. The maximum atomic E-state index is 4.79. The molecule has 3 heteroatoms. The third-order valence-electron chi connectivity index (χ3n) is 3.29. The van der Waals surface area contributed by atoms with Gasteiger partial charge in [0.25, 0.3) is 0 Å². The monoisotopic (exact) mass is 221 g/mol. The van der Waals surface area contributed by atoms with Crippen molar-refractivity contribution in [2.45, 2.75) is 12.1 Å². The number of benzene rings is 1. The van der Waals surface area contributed by atoms with E-state index in [0.717, 1.165) is 21.7 Å². The summed E-state index contributed by atoms with van der Waals surface area (Å²) >= 11 is 0. The van der Waals surface area contributed by atoms with Crippen LogP contribution in [0.4, 0.5) is 0 Å². The minimum absolute atomic E-state index is 0.153. The van der Waals surface area contributed by atoms with Crippen molar-refractivity contribution in [2.75, 3.05) is 0 Å². The van der Waals surface area contributed by atoms with E-state index in [0.29, 0.717) is 0 Å². The largest absolute Gasteiger partial charge is 0.338 e. The zero-order chi connectivity index (χ0) is 11.2. The summed E-state index contributed by atoms with van der Waals surface area (Å²) in [7, 11) is 0. The second kappa shape index (κ2) is 3.17. The molecule has 0 saturated carbocycles. The first kappa shape index (κ1) is 8.93. The Labute approximate surface area is 97.9 Å². The average Bonchev–Trinajstić information content (AvgIpc) is 2.73. The van der Waals surface area contributed by atoms with E-state index >= 15 is 0 Å². The van der Waals surface area contributed by atoms with Gasteiger partial charge in [-0.25, -0.2) is 0 Å². The lowest BCUT2D eigenvalue weighted by molar-refractivity contribution is 0.642. The Morgan fingerprint density at radius 2 is 1.71 bits per heavy atom. The Balaban J connectivity index is 2.11. The van der Waals surface area contributed by atoms with E-state index < -0.39 is 0 Å². The molecule has 1 aromatic heterocycles. The quantitative estimate of drug-likeness (QED) is 0.696. The SMILES string of the molecule is C1=C[C@H]2N=c3[nH]c4ccccc4c3=N[C@@H]2C=C1. The number of fused-ring (bicyclic) bond motifs is 4. The van der Waals surface area contributed by atoms with E-state index in [9.17, 15) is 0 Å². The van der Waals surface area contributed by atoms with Gasteiger partial charge in [-0.1, -0.05) is 42.5 Å². The smallest absolute Gasteiger partial charge is 0.152 e. The van der Waals surface area contributed by atoms with Crippen molar-refractivity contribution >= 4 is 10.9 Å². The molecule has 0 unspecified atom stereocenters. The number of para-hydroxylation sites is 1. The topological polar surface area (TPSA) is 40.5 Å². The van der Waals surface area contributed by atoms with Crippen LogP contribution in [0, 0.1) is 0 Å². The van der Waals surface area contributed by atoms with Crippen molar-refractivity contribution in [2.24, 2.45) is 9.98 Å². The molecule has 1 aliphatic heterocycles. The van der Waals surface area contributed by atoms with Gasteiger partial charge in [-0.2, -0.15) is 0 Å². The van der Waals surface area contributed by atoms with Gasteiger partial charge in [-0.3, -0.25) is 9.98 Å². The van der Waals surface area contributed by atoms with Crippen LogP contribution in [0.3, 0.4) is 0 Å². The highest BCUT2D eigenvalue weighted by Gasteiger charge is 2.20. The predicted octanol–water partition coefficient (Wildman–Crippen LogP) is 1.28. The molecule has 2 aromatic rings. The van der Waals surface area contributed by atoms with Gasteiger partial charge in [0.15, 0.2) is 5.49 Å². The Morgan fingerprint density at radius 1 is 0.941 bits per heavy atom. The van der Waals surface area contributed by atoms with Crippen LogP contribution in [0.15, 0.2) is 58.6 Å². The van der Waals surface area contributed by atoms with Gasteiger partial charge in [0.05, 0.1) is 12.1 Å². The molecular weight excluding hydrogens is 210 g/mol. The number of nitrogens with one attached hydrogen (secondary N) is 1. The van der Waals surface area contributed by atoms with Crippen LogP contribution < -0.4 is 10.8 Å². The number of H-pyrrole nitrogens is 1. The van der Waals surface area contributed by atoms with Crippen molar-refractivity contribution in [1.82, 2.24) is 4.98 Å². The molecule has 3 nitrogen and oxygen atoms in total. The Kier molecular flexibility index (Phi) is 1.66. The van der Waals surface area contributed by atoms with E-state index in [-0.39, 0.29) is 12.1 Å². The molecule has 1 N–H and O–H groups in total. The maximum Gasteiger partial charge on any atom is 0.152 e. The molecule has 2 atom stereocenters. The molecule has 1 aromatic carbocycles. The van der Waals surface area contributed by atoms with Crippen molar-refractivity contribution in [3.05, 3.63) is 59.4 Å². The lowest BCUT2D eigenvalue weighted by Gasteiger charge is -2.18. The summed E-state index contributed by atoms with van der Waals surface area (Å²) in [6.45, 7) is 0. The third-order valence-corrected chi connectivity index (χ3v) is 3.29. The van der Waals surface area contributed by atoms with Crippen LogP contribution in [-0.2, 0) is 0 Å². The van der Waals surface area contributed by atoms with Gasteiger partial charge in [0.1, 0.15) is 5.36 Å². The molecule has 0 amide bonds. The molecule has 1 aliphatic carbocycles. The molecule has 0 spiro atoms. The molecule has 4 rings (SSSR count). The van der Waals surface area contributed by atoms with Gasteiger partial charge in [0.2, 0.25) is 0 Å². The van der Waals surface area contributed by atoms with Gasteiger partial charge >= 0.3 is 0 Å². The Bertz CT molecular complexity index is 764. The molecule has 17 heavy (non-hydrogen) atoms. The van der Waals surface area contributed by atoms with Gasteiger partial charge < -0.3 is 4.98 Å². The highest BCUT2D eigenvalue weighted by atomic mass is 15.0. The molecule has 82 valence electrons. The van der Waals surface area contributed by atoms with Crippen molar-refractivity contribution in [3.8, 4) is 0 Å². The summed E-state index contributed by atoms with van der Waals surface area (Å²) in [5, 5.41) is 2.16. The first-order valence-electron chi connectivity index (χ1n) is 5.79. The second-order valence-corrected chi connectivity index (χ2v) is 4.38. The lowest BCUT2D eigenvalue weighted by atomic mass is 10.0. The van der Waals surface area contributed by atoms with E-state index in [1.807, 2.05) is 24.3 Å². The summed E-state index contributed by atoms with van der Waals surface area (Å²) < 4.78 is 0. The van der Waals surface area contributed by atoms with Crippen molar-refractivity contribution < 1.29 is 0 Å². The van der Waals surface area contributed by atoms with E-state index in [1.165, 1.54) is 0 Å². The van der Waals surface area contributed by atoms with Crippen LogP contribution in [0.1, 0.15) is 0 Å². The number of rotatable bonds is 0. The number of nitrogens with zero attached hydrogens (tertiary/aromatic N) is 2.